The van der Waals surface area contributed by atoms with Gasteiger partial charge in [0.05, 0.1) is 11.4 Å². The molecular weight excluding hydrogens is 432 g/mol. The van der Waals surface area contributed by atoms with Gasteiger partial charge in [0.1, 0.15) is 5.60 Å². The molecule has 1 fully saturated rings. The zero-order chi connectivity index (χ0) is 23.5. The number of benzene rings is 2. The van der Waals surface area contributed by atoms with Crippen LogP contribution < -0.4 is 10.0 Å². The first-order valence-electron chi connectivity index (χ1n) is 10.2. The highest BCUT2D eigenvalue weighted by atomic mass is 32.2. The quantitative estimate of drug-likeness (QED) is 0.616. The van der Waals surface area contributed by atoms with Crippen LogP contribution in [0.5, 0.6) is 0 Å². The SMILES string of the molecule is CC(C)(C)OC(=O)NS(=O)(=O)c1ccc([C@@H]2C[C@H]2C(=O)NCC(=O)c2ccccc2)cc1. The van der Waals surface area contributed by atoms with Crippen molar-refractivity contribution < 1.29 is 27.5 Å². The summed E-state index contributed by atoms with van der Waals surface area (Å²) >= 11 is 0. The van der Waals surface area contributed by atoms with Gasteiger partial charge in [-0.3, -0.25) is 9.59 Å². The highest BCUT2D eigenvalue weighted by molar-refractivity contribution is 7.90. The lowest BCUT2D eigenvalue weighted by molar-refractivity contribution is -0.122. The molecule has 2 N–H and O–H groups in total. The summed E-state index contributed by atoms with van der Waals surface area (Å²) in [6, 6.07) is 14.7. The zero-order valence-electron chi connectivity index (χ0n) is 18.1. The number of rotatable bonds is 7. The summed E-state index contributed by atoms with van der Waals surface area (Å²) in [6.45, 7) is 4.83. The largest absolute Gasteiger partial charge is 0.443 e. The number of hydrogen-bond donors (Lipinski definition) is 2. The fraction of sp³-hybridized carbons (Fsp3) is 0.348. The molecule has 0 bridgehead atoms. The van der Waals surface area contributed by atoms with E-state index in [9.17, 15) is 22.8 Å². The van der Waals surface area contributed by atoms with Crippen LogP contribution in [0, 0.1) is 5.92 Å². The molecule has 0 spiro atoms. The van der Waals surface area contributed by atoms with Crippen LogP contribution in [0.4, 0.5) is 4.79 Å². The Morgan fingerprint density at radius 1 is 1.00 bits per heavy atom. The van der Waals surface area contributed by atoms with Crippen LogP contribution in [0.2, 0.25) is 0 Å². The normalized spacial score (nSPS) is 17.8. The van der Waals surface area contributed by atoms with E-state index in [1.54, 1.807) is 57.2 Å². The summed E-state index contributed by atoms with van der Waals surface area (Å²) in [5, 5.41) is 2.67. The molecule has 2 atom stereocenters. The lowest BCUT2D eigenvalue weighted by Crippen LogP contribution is -2.36. The van der Waals surface area contributed by atoms with E-state index in [0.717, 1.165) is 5.56 Å². The number of hydrogen-bond acceptors (Lipinski definition) is 6. The highest BCUT2D eigenvalue weighted by Gasteiger charge is 2.44. The van der Waals surface area contributed by atoms with Crippen LogP contribution in [0.1, 0.15) is 49.0 Å². The molecule has 1 aliphatic carbocycles. The number of carbonyl (C=O) groups is 3. The van der Waals surface area contributed by atoms with Gasteiger partial charge < -0.3 is 10.1 Å². The maximum Gasteiger partial charge on any atom is 0.421 e. The molecule has 170 valence electrons. The van der Waals surface area contributed by atoms with Crippen molar-refractivity contribution in [2.45, 2.75) is 43.6 Å². The van der Waals surface area contributed by atoms with E-state index >= 15 is 0 Å². The molecular formula is C23H26N2O6S. The second kappa shape index (κ2) is 9.12. The summed E-state index contributed by atoms with van der Waals surface area (Å²) in [6.07, 6.45) is -0.432. The Morgan fingerprint density at radius 3 is 2.22 bits per heavy atom. The molecule has 0 unspecified atom stereocenters. The van der Waals surface area contributed by atoms with Gasteiger partial charge in [0.2, 0.25) is 5.91 Å². The van der Waals surface area contributed by atoms with Crippen molar-refractivity contribution in [3.8, 4) is 0 Å². The van der Waals surface area contributed by atoms with Crippen molar-refractivity contribution in [3.05, 3.63) is 65.7 Å². The Balaban J connectivity index is 1.54. The average Bonchev–Trinajstić information content (AvgIpc) is 3.51. The van der Waals surface area contributed by atoms with Crippen molar-refractivity contribution >= 4 is 27.8 Å². The van der Waals surface area contributed by atoms with E-state index in [2.05, 4.69) is 5.32 Å². The molecule has 2 aromatic carbocycles. The Bertz CT molecular complexity index is 1110. The van der Waals surface area contributed by atoms with E-state index in [4.69, 9.17) is 4.74 Å². The van der Waals surface area contributed by atoms with Gasteiger partial charge in [0.25, 0.3) is 10.0 Å². The summed E-state index contributed by atoms with van der Waals surface area (Å²) in [7, 11) is -4.07. The number of nitrogens with one attached hydrogen (secondary N) is 2. The van der Waals surface area contributed by atoms with Crippen molar-refractivity contribution in [2.75, 3.05) is 6.54 Å². The molecule has 0 saturated heterocycles. The highest BCUT2D eigenvalue weighted by Crippen LogP contribution is 2.47. The van der Waals surface area contributed by atoms with Gasteiger partial charge in [0.15, 0.2) is 5.78 Å². The lowest BCUT2D eigenvalue weighted by Gasteiger charge is -2.19. The number of carbonyl (C=O) groups excluding carboxylic acids is 3. The van der Waals surface area contributed by atoms with Crippen LogP contribution in [0.15, 0.2) is 59.5 Å². The summed E-state index contributed by atoms with van der Waals surface area (Å²) in [4.78, 5) is 36.2. The maximum atomic E-state index is 12.4. The molecule has 32 heavy (non-hydrogen) atoms. The van der Waals surface area contributed by atoms with Crippen LogP contribution >= 0.6 is 0 Å². The van der Waals surface area contributed by atoms with Gasteiger partial charge in [-0.2, -0.15) is 0 Å². The predicted octanol–water partition coefficient (Wildman–Crippen LogP) is 3.00. The summed E-state index contributed by atoms with van der Waals surface area (Å²) < 4.78 is 31.6. The Kier molecular flexibility index (Phi) is 6.68. The van der Waals surface area contributed by atoms with Crippen molar-refractivity contribution in [3.63, 3.8) is 0 Å². The van der Waals surface area contributed by atoms with E-state index < -0.39 is 21.7 Å². The third-order valence-electron chi connectivity index (χ3n) is 4.88. The van der Waals surface area contributed by atoms with Crippen LogP contribution in [0.25, 0.3) is 0 Å². The van der Waals surface area contributed by atoms with E-state index in [1.807, 2.05) is 10.8 Å². The lowest BCUT2D eigenvalue weighted by atomic mass is 10.1. The second-order valence-electron chi connectivity index (χ2n) is 8.63. The van der Waals surface area contributed by atoms with Gasteiger partial charge >= 0.3 is 6.09 Å². The van der Waals surface area contributed by atoms with Crippen LogP contribution in [-0.4, -0.2) is 38.3 Å². The molecule has 3 rings (SSSR count). The first kappa shape index (κ1) is 23.5. The minimum atomic E-state index is -4.07. The Labute approximate surface area is 187 Å². The molecule has 2 amide bonds. The fourth-order valence-electron chi connectivity index (χ4n) is 3.24. The van der Waals surface area contributed by atoms with Crippen molar-refractivity contribution in [2.24, 2.45) is 5.92 Å². The van der Waals surface area contributed by atoms with Gasteiger partial charge in [0, 0.05) is 11.5 Å². The number of Topliss-reactive ketones (excluding diaryl/α,β-unsaturated/α-hetero) is 1. The van der Waals surface area contributed by atoms with Crippen molar-refractivity contribution in [1.82, 2.24) is 10.0 Å². The molecule has 0 aliphatic heterocycles. The molecule has 0 heterocycles. The van der Waals surface area contributed by atoms with Gasteiger partial charge in [-0.15, -0.1) is 0 Å². The molecule has 1 aliphatic rings. The first-order valence-corrected chi connectivity index (χ1v) is 11.7. The Morgan fingerprint density at radius 2 is 1.62 bits per heavy atom. The number of sulfonamides is 1. The van der Waals surface area contributed by atoms with E-state index in [-0.39, 0.29) is 35.0 Å². The molecule has 0 aromatic heterocycles. The van der Waals surface area contributed by atoms with Gasteiger partial charge in [-0.25, -0.2) is 17.9 Å². The standard InChI is InChI=1S/C23H26N2O6S/c1-23(2,3)31-22(28)25-32(29,30)17-11-9-15(10-12-17)18-13-19(18)21(27)24-14-20(26)16-7-5-4-6-8-16/h4-12,18-19H,13-14H2,1-3H3,(H,24,27)(H,25,28)/t18-,19+/m0/s1. The number of amides is 2. The third-order valence-corrected chi connectivity index (χ3v) is 6.21. The number of ketones is 1. The molecule has 0 radical (unpaired) electrons. The number of ether oxygens (including phenoxy) is 1. The zero-order valence-corrected chi connectivity index (χ0v) is 18.9. The smallest absolute Gasteiger partial charge is 0.421 e. The van der Waals surface area contributed by atoms with E-state index in [1.165, 1.54) is 12.1 Å². The summed E-state index contributed by atoms with van der Waals surface area (Å²) in [5.74, 6) is -0.677. The van der Waals surface area contributed by atoms with Crippen molar-refractivity contribution in [1.29, 1.82) is 0 Å². The Hall–Kier alpha value is -3.20. The van der Waals surface area contributed by atoms with Gasteiger partial charge in [-0.1, -0.05) is 42.5 Å². The molecule has 9 heteroatoms. The van der Waals surface area contributed by atoms with E-state index in [0.29, 0.717) is 12.0 Å². The fourth-order valence-corrected chi connectivity index (χ4v) is 4.11. The average molecular weight is 459 g/mol. The van der Waals surface area contributed by atoms with Gasteiger partial charge in [-0.05, 0) is 50.8 Å². The molecule has 1 saturated carbocycles. The molecule has 2 aromatic rings. The second-order valence-corrected chi connectivity index (χ2v) is 10.3. The predicted molar refractivity (Wildman–Crippen MR) is 118 cm³/mol. The minimum Gasteiger partial charge on any atom is -0.443 e. The third kappa shape index (κ3) is 6.16. The first-order chi connectivity index (χ1) is 15.0. The summed E-state index contributed by atoms with van der Waals surface area (Å²) in [5.41, 5.74) is 0.532. The maximum absolute atomic E-state index is 12.4. The monoisotopic (exact) mass is 458 g/mol. The minimum absolute atomic E-state index is 0.0441. The van der Waals surface area contributed by atoms with Crippen LogP contribution in [-0.2, 0) is 19.6 Å². The van der Waals surface area contributed by atoms with Crippen LogP contribution in [0.3, 0.4) is 0 Å². The molecule has 8 nitrogen and oxygen atoms in total. The topological polar surface area (TPSA) is 119 Å².